The summed E-state index contributed by atoms with van der Waals surface area (Å²) in [7, 11) is 0. The first kappa shape index (κ1) is 38.8. The normalized spacial score (nSPS) is 14.2. The lowest BCUT2D eigenvalue weighted by Crippen LogP contribution is -2.50. The van der Waals surface area contributed by atoms with Crippen LogP contribution in [0.4, 0.5) is 0 Å². The number of carbonyl (C=O) groups is 1. The lowest BCUT2D eigenvalue weighted by atomic mass is 10.0. The summed E-state index contributed by atoms with van der Waals surface area (Å²) in [5, 5.41) is 33.1. The number of unbranched alkanes of at least 4 members (excludes halogenated alkanes) is 18. The van der Waals surface area contributed by atoms with E-state index in [-0.39, 0.29) is 12.5 Å². The van der Waals surface area contributed by atoms with Crippen LogP contribution in [0.1, 0.15) is 168 Å². The number of hydrogen-bond donors (Lipinski definition) is 4. The maximum absolute atomic E-state index is 12.3. The topological polar surface area (TPSA) is 89.8 Å². The molecule has 0 aromatic rings. The van der Waals surface area contributed by atoms with Gasteiger partial charge in [0.1, 0.15) is 6.10 Å². The van der Waals surface area contributed by atoms with E-state index in [0.717, 1.165) is 44.9 Å². The highest BCUT2D eigenvalue weighted by Gasteiger charge is 2.26. The number of carbonyl (C=O) groups excluding carboxylic acids is 1. The highest BCUT2D eigenvalue weighted by atomic mass is 16.3. The maximum atomic E-state index is 12.3. The maximum Gasteiger partial charge on any atom is 0.220 e. The van der Waals surface area contributed by atoms with Crippen LogP contribution in [0.3, 0.4) is 0 Å². The molecule has 0 aliphatic heterocycles. The van der Waals surface area contributed by atoms with Crippen molar-refractivity contribution in [3.63, 3.8) is 0 Å². The summed E-state index contributed by atoms with van der Waals surface area (Å²) >= 11 is 0. The number of hydrogen-bond acceptors (Lipinski definition) is 4. The molecule has 3 unspecified atom stereocenters. The minimum Gasteiger partial charge on any atom is -0.394 e. The summed E-state index contributed by atoms with van der Waals surface area (Å²) in [6, 6.07) is -0.825. The second-order valence-electron chi connectivity index (χ2n) is 11.7. The van der Waals surface area contributed by atoms with Gasteiger partial charge in [-0.25, -0.2) is 0 Å². The van der Waals surface area contributed by atoms with Gasteiger partial charge in [0.25, 0.3) is 0 Å². The van der Waals surface area contributed by atoms with E-state index in [2.05, 4.69) is 43.5 Å². The third kappa shape index (κ3) is 25.8. The summed E-state index contributed by atoms with van der Waals surface area (Å²) in [5.74, 6) is -0.167. The Labute approximate surface area is 248 Å². The van der Waals surface area contributed by atoms with Gasteiger partial charge in [0.15, 0.2) is 0 Å². The second-order valence-corrected chi connectivity index (χ2v) is 11.7. The zero-order valence-electron chi connectivity index (χ0n) is 26.5. The largest absolute Gasteiger partial charge is 0.394 e. The SMILES string of the molecule is CCCCC/C=C/CCCC(O)C(O)C(CO)NC(=O)CCCCCCC/C=C\CCCCCCCCCCC. The smallest absolute Gasteiger partial charge is 0.220 e. The van der Waals surface area contributed by atoms with E-state index < -0.39 is 18.2 Å². The molecule has 0 saturated heterocycles. The van der Waals surface area contributed by atoms with Crippen LogP contribution in [0.25, 0.3) is 0 Å². The predicted molar refractivity (Wildman–Crippen MR) is 171 cm³/mol. The fourth-order valence-electron chi connectivity index (χ4n) is 5.04. The monoisotopic (exact) mass is 566 g/mol. The molecule has 5 nitrogen and oxygen atoms in total. The number of allylic oxidation sites excluding steroid dienone is 4. The summed E-state index contributed by atoms with van der Waals surface area (Å²) < 4.78 is 0. The summed E-state index contributed by atoms with van der Waals surface area (Å²) in [4.78, 5) is 12.3. The fraction of sp³-hybridized carbons (Fsp3) is 0.857. The van der Waals surface area contributed by atoms with Gasteiger partial charge < -0.3 is 20.6 Å². The number of nitrogens with one attached hydrogen (secondary N) is 1. The first-order valence-electron chi connectivity index (χ1n) is 17.1. The van der Waals surface area contributed by atoms with Crippen molar-refractivity contribution in [3.8, 4) is 0 Å². The van der Waals surface area contributed by atoms with E-state index in [4.69, 9.17) is 0 Å². The van der Waals surface area contributed by atoms with Crippen molar-refractivity contribution in [1.82, 2.24) is 5.32 Å². The molecule has 0 fully saturated rings. The summed E-state index contributed by atoms with van der Waals surface area (Å²) in [6.07, 6.45) is 34.2. The Hall–Kier alpha value is -1.17. The van der Waals surface area contributed by atoms with Crippen molar-refractivity contribution in [3.05, 3.63) is 24.3 Å². The molecule has 40 heavy (non-hydrogen) atoms. The summed E-state index contributed by atoms with van der Waals surface area (Å²) in [5.41, 5.74) is 0. The molecule has 4 N–H and O–H groups in total. The van der Waals surface area contributed by atoms with Crippen LogP contribution in [-0.4, -0.2) is 46.1 Å². The van der Waals surface area contributed by atoms with E-state index in [9.17, 15) is 20.1 Å². The van der Waals surface area contributed by atoms with Gasteiger partial charge in [-0.2, -0.15) is 0 Å². The number of amides is 1. The van der Waals surface area contributed by atoms with Gasteiger partial charge in [-0.05, 0) is 64.2 Å². The zero-order valence-corrected chi connectivity index (χ0v) is 26.5. The number of rotatable bonds is 30. The molecule has 3 atom stereocenters. The highest BCUT2D eigenvalue weighted by Crippen LogP contribution is 2.13. The van der Waals surface area contributed by atoms with E-state index in [1.165, 1.54) is 96.3 Å². The first-order chi connectivity index (χ1) is 19.6. The van der Waals surface area contributed by atoms with Gasteiger partial charge in [-0.1, -0.05) is 122 Å². The first-order valence-corrected chi connectivity index (χ1v) is 17.1. The molecular formula is C35H67NO4. The lowest BCUT2D eigenvalue weighted by Gasteiger charge is -2.26. The minimum absolute atomic E-state index is 0.167. The van der Waals surface area contributed by atoms with Gasteiger partial charge >= 0.3 is 0 Å². The van der Waals surface area contributed by atoms with Gasteiger partial charge in [-0.3, -0.25) is 4.79 Å². The molecular weight excluding hydrogens is 498 g/mol. The average Bonchev–Trinajstić information content (AvgIpc) is 2.96. The highest BCUT2D eigenvalue weighted by molar-refractivity contribution is 5.76. The van der Waals surface area contributed by atoms with Crippen LogP contribution >= 0.6 is 0 Å². The number of aliphatic hydroxyl groups is 3. The molecule has 1 amide bonds. The Morgan fingerprint density at radius 2 is 1.00 bits per heavy atom. The third-order valence-corrected chi connectivity index (χ3v) is 7.78. The van der Waals surface area contributed by atoms with Crippen molar-refractivity contribution in [2.24, 2.45) is 0 Å². The zero-order chi connectivity index (χ0) is 29.5. The van der Waals surface area contributed by atoms with Crippen molar-refractivity contribution in [2.75, 3.05) is 6.61 Å². The Kier molecular flexibility index (Phi) is 29.9. The van der Waals surface area contributed by atoms with Crippen LogP contribution in [-0.2, 0) is 4.79 Å². The lowest BCUT2D eigenvalue weighted by molar-refractivity contribution is -0.124. The molecule has 5 heteroatoms. The molecule has 0 spiro atoms. The van der Waals surface area contributed by atoms with E-state index in [0.29, 0.717) is 12.8 Å². The molecule has 0 radical (unpaired) electrons. The quantitative estimate of drug-likeness (QED) is 0.0518. The van der Waals surface area contributed by atoms with Gasteiger partial charge in [0.05, 0.1) is 18.8 Å². The molecule has 0 saturated carbocycles. The van der Waals surface area contributed by atoms with Crippen LogP contribution in [0.5, 0.6) is 0 Å². The Morgan fingerprint density at radius 3 is 1.50 bits per heavy atom. The van der Waals surface area contributed by atoms with Crippen molar-refractivity contribution in [1.29, 1.82) is 0 Å². The van der Waals surface area contributed by atoms with E-state index >= 15 is 0 Å². The second kappa shape index (κ2) is 30.8. The van der Waals surface area contributed by atoms with Crippen molar-refractivity contribution in [2.45, 2.75) is 186 Å². The van der Waals surface area contributed by atoms with E-state index in [1.807, 2.05) is 0 Å². The minimum atomic E-state index is -1.16. The predicted octanol–water partition coefficient (Wildman–Crippen LogP) is 8.70. The average molecular weight is 566 g/mol. The van der Waals surface area contributed by atoms with Crippen LogP contribution < -0.4 is 5.32 Å². The summed E-state index contributed by atoms with van der Waals surface area (Å²) in [6.45, 7) is 4.08. The van der Waals surface area contributed by atoms with Crippen LogP contribution in [0, 0.1) is 0 Å². The van der Waals surface area contributed by atoms with E-state index in [1.54, 1.807) is 0 Å². The Bertz CT molecular complexity index is 592. The third-order valence-electron chi connectivity index (χ3n) is 7.78. The van der Waals surface area contributed by atoms with Crippen LogP contribution in [0.15, 0.2) is 24.3 Å². The molecule has 0 aromatic carbocycles. The molecule has 0 bridgehead atoms. The van der Waals surface area contributed by atoms with Gasteiger partial charge in [0, 0.05) is 6.42 Å². The number of aliphatic hydroxyl groups excluding tert-OH is 3. The molecule has 0 rings (SSSR count). The Morgan fingerprint density at radius 1 is 0.600 bits per heavy atom. The standard InChI is InChI=1S/C35H67NO4/c1-3-5-7-9-11-13-14-15-16-17-18-19-20-21-22-24-26-28-30-34(39)36-32(31-37)35(40)33(38)29-27-25-23-12-10-8-6-4-2/h12,18-19,23,32-33,35,37-38,40H,3-11,13-17,20-22,24-31H2,1-2H3,(H,36,39)/b19-18-,23-12+. The molecule has 236 valence electrons. The molecule has 0 aromatic heterocycles. The Balaban J connectivity index is 3.71. The van der Waals surface area contributed by atoms with Gasteiger partial charge in [-0.15, -0.1) is 0 Å². The van der Waals surface area contributed by atoms with Gasteiger partial charge in [0.2, 0.25) is 5.91 Å². The molecule has 0 aliphatic rings. The fourth-order valence-corrected chi connectivity index (χ4v) is 5.04. The molecule has 0 heterocycles. The van der Waals surface area contributed by atoms with Crippen LogP contribution in [0.2, 0.25) is 0 Å². The van der Waals surface area contributed by atoms with Crippen molar-refractivity contribution < 1.29 is 20.1 Å². The molecule has 0 aliphatic carbocycles. The van der Waals surface area contributed by atoms with Crippen molar-refractivity contribution >= 4 is 5.91 Å².